The zero-order chi connectivity index (χ0) is 43.8. The first-order valence-corrected chi connectivity index (χ1v) is 22.5. The summed E-state index contributed by atoms with van der Waals surface area (Å²) in [7, 11) is 1.26. The number of ether oxygens (including phenoxy) is 1. The average molecular weight is 850 g/mol. The minimum absolute atomic E-state index is 0.0187. The highest BCUT2D eigenvalue weighted by Crippen LogP contribution is 2.54. The number of hydrogen-bond donors (Lipinski definition) is 2. The minimum atomic E-state index is -0.984. The molecule has 0 unspecified atom stereocenters. The number of alkyl carbamates (subject to hydrolysis) is 1. The van der Waals surface area contributed by atoms with Gasteiger partial charge in [0, 0.05) is 60.7 Å². The number of rotatable bonds is 15. The summed E-state index contributed by atoms with van der Waals surface area (Å²) in [6, 6.07) is 28.0. The van der Waals surface area contributed by atoms with Crippen LogP contribution < -0.4 is 10.6 Å². The van der Waals surface area contributed by atoms with Crippen LogP contribution in [0.15, 0.2) is 97.1 Å². The van der Waals surface area contributed by atoms with Crippen LogP contribution in [0, 0.1) is 11.8 Å². The molecule has 1 aromatic heterocycles. The number of Topliss-reactive ketones (excluding diaryl/α,β-unsaturated/α-hetero) is 2. The summed E-state index contributed by atoms with van der Waals surface area (Å²) in [6.07, 6.45) is 6.83. The van der Waals surface area contributed by atoms with Gasteiger partial charge in [-0.25, -0.2) is 4.79 Å². The lowest BCUT2D eigenvalue weighted by atomic mass is 9.98. The Morgan fingerprint density at radius 2 is 1.05 bits per heavy atom. The van der Waals surface area contributed by atoms with E-state index in [0.717, 1.165) is 32.9 Å². The Balaban J connectivity index is 0.983. The smallest absolute Gasteiger partial charge is 0.407 e. The zero-order valence-electron chi connectivity index (χ0n) is 36.0. The first-order valence-electron chi connectivity index (χ1n) is 22.5. The second-order valence-electron chi connectivity index (χ2n) is 17.9. The third kappa shape index (κ3) is 8.72. The van der Waals surface area contributed by atoms with Gasteiger partial charge >= 0.3 is 6.09 Å². The van der Waals surface area contributed by atoms with Gasteiger partial charge in [-0.2, -0.15) is 0 Å². The Kier molecular flexibility index (Phi) is 11.9. The highest BCUT2D eigenvalue weighted by atomic mass is 16.5. The number of likely N-dealkylation sites (tertiary alicyclic amines) is 2. The van der Waals surface area contributed by atoms with Crippen LogP contribution >= 0.6 is 0 Å². The van der Waals surface area contributed by atoms with E-state index in [9.17, 15) is 28.8 Å². The highest BCUT2D eigenvalue weighted by Gasteiger charge is 2.44. The Hall–Kier alpha value is -6.30. The Morgan fingerprint density at radius 1 is 0.603 bits per heavy atom. The number of carbonyl (C=O) groups is 6. The van der Waals surface area contributed by atoms with Crippen molar-refractivity contribution in [3.05, 3.63) is 119 Å². The number of nitrogens with one attached hydrogen (secondary N) is 2. The van der Waals surface area contributed by atoms with E-state index in [1.807, 2.05) is 48.5 Å². The van der Waals surface area contributed by atoms with Gasteiger partial charge in [-0.15, -0.1) is 0 Å². The molecular formula is C51H55N5O7. The van der Waals surface area contributed by atoms with E-state index in [0.29, 0.717) is 67.8 Å². The van der Waals surface area contributed by atoms with Crippen LogP contribution in [0.2, 0.25) is 0 Å². The normalized spacial score (nSPS) is 19.6. The SMILES string of the molecule is COC(=O)N[C@@H](C(=O)N1CCC[C@H]1C(=O)Cc1ccc2c3ccc(CC(=O)[C@@H]4CCCN4C(=O)[C@H](NC(C)=O)c4ccccc4)cc3n(C(C3CC3)C3CC3)c2c1)c1ccccc1. The van der Waals surface area contributed by atoms with E-state index in [4.69, 9.17) is 4.74 Å². The first-order chi connectivity index (χ1) is 30.6. The molecule has 2 aliphatic heterocycles. The maximum Gasteiger partial charge on any atom is 0.407 e. The molecule has 2 saturated carbocycles. The molecule has 0 bridgehead atoms. The lowest BCUT2D eigenvalue weighted by Crippen LogP contribution is -2.47. The van der Waals surface area contributed by atoms with E-state index in [1.54, 1.807) is 34.1 Å². The largest absolute Gasteiger partial charge is 0.453 e. The van der Waals surface area contributed by atoms with Gasteiger partial charge in [0.15, 0.2) is 11.6 Å². The van der Waals surface area contributed by atoms with E-state index < -0.39 is 30.3 Å². The van der Waals surface area contributed by atoms with Crippen LogP contribution in [-0.2, 0) is 41.6 Å². The molecule has 0 spiro atoms. The van der Waals surface area contributed by atoms with Gasteiger partial charge in [-0.3, -0.25) is 24.0 Å². The van der Waals surface area contributed by atoms with Gasteiger partial charge in [0.1, 0.15) is 12.1 Å². The second kappa shape index (κ2) is 17.8. The average Bonchev–Trinajstić information content (AvgIpc) is 4.18. The van der Waals surface area contributed by atoms with Gasteiger partial charge in [-0.05, 0) is 97.6 Å². The first kappa shape index (κ1) is 42.0. The molecule has 9 rings (SSSR count). The molecule has 326 valence electrons. The summed E-state index contributed by atoms with van der Waals surface area (Å²) < 4.78 is 7.35. The van der Waals surface area contributed by atoms with E-state index in [-0.39, 0.29) is 42.1 Å². The number of hydrogen-bond acceptors (Lipinski definition) is 7. The lowest BCUT2D eigenvalue weighted by Gasteiger charge is -2.29. The number of aromatic nitrogens is 1. The Bertz CT molecular complexity index is 2550. The van der Waals surface area contributed by atoms with Crippen molar-refractivity contribution in [1.29, 1.82) is 0 Å². The summed E-state index contributed by atoms with van der Waals surface area (Å²) in [5, 5.41) is 7.70. The predicted molar refractivity (Wildman–Crippen MR) is 239 cm³/mol. The van der Waals surface area contributed by atoms with Crippen LogP contribution in [0.25, 0.3) is 21.8 Å². The molecule has 4 atom stereocenters. The van der Waals surface area contributed by atoms with Crippen molar-refractivity contribution in [2.45, 2.75) is 101 Å². The van der Waals surface area contributed by atoms with E-state index in [2.05, 4.69) is 39.5 Å². The van der Waals surface area contributed by atoms with Gasteiger partial charge in [-0.1, -0.05) is 84.9 Å². The summed E-state index contributed by atoms with van der Waals surface area (Å²) in [6.45, 7) is 2.27. The van der Waals surface area contributed by atoms with E-state index in [1.165, 1.54) is 39.7 Å². The zero-order valence-corrected chi connectivity index (χ0v) is 36.0. The Morgan fingerprint density at radius 3 is 1.46 bits per heavy atom. The predicted octanol–water partition coefficient (Wildman–Crippen LogP) is 7.34. The quantitative estimate of drug-likeness (QED) is 0.112. The molecule has 2 aliphatic carbocycles. The topological polar surface area (TPSA) is 147 Å². The van der Waals surface area contributed by atoms with Crippen LogP contribution in [0.5, 0.6) is 0 Å². The fraction of sp³-hybridized carbons (Fsp3) is 0.412. The third-order valence-corrected chi connectivity index (χ3v) is 13.6. The lowest BCUT2D eigenvalue weighted by molar-refractivity contribution is -0.140. The molecule has 5 aromatic rings. The van der Waals surface area contributed by atoms with Gasteiger partial charge < -0.3 is 29.7 Å². The molecule has 0 radical (unpaired) electrons. The number of amides is 4. The van der Waals surface area contributed by atoms with Crippen molar-refractivity contribution in [3.8, 4) is 0 Å². The number of carbonyl (C=O) groups excluding carboxylic acids is 6. The summed E-state index contributed by atoms with van der Waals surface area (Å²) in [4.78, 5) is 84.3. The molecule has 12 heteroatoms. The molecule has 63 heavy (non-hydrogen) atoms. The molecular weight excluding hydrogens is 795 g/mol. The Labute approximate surface area is 367 Å². The van der Waals surface area contributed by atoms with Crippen molar-refractivity contribution < 1.29 is 33.5 Å². The number of nitrogens with zero attached hydrogens (tertiary/aromatic N) is 3. The fourth-order valence-corrected chi connectivity index (χ4v) is 10.3. The second-order valence-corrected chi connectivity index (χ2v) is 17.9. The molecule has 4 amide bonds. The third-order valence-electron chi connectivity index (χ3n) is 13.6. The molecule has 3 heterocycles. The number of benzene rings is 4. The van der Waals surface area contributed by atoms with Crippen LogP contribution in [-0.4, -0.2) is 82.0 Å². The van der Waals surface area contributed by atoms with Gasteiger partial charge in [0.2, 0.25) is 11.8 Å². The standard InChI is InChI=1S/C51H55N5O7/c1-31(57)52-46(34-11-5-3-6-12-34)49(60)54-25-9-15-40(54)44(58)29-32-17-23-38-39-24-18-33(28-43(39)56(42(38)27-32)48(36-19-20-36)37-21-22-37)30-45(59)41-16-10-26-55(41)50(61)47(53-51(62)63-2)35-13-7-4-8-14-35/h3-8,11-14,17-18,23-24,27-28,36-37,40-41,46-48H,9-10,15-16,19-22,25-26,29-30H2,1-2H3,(H,52,57)(H,53,62)/t40-,41-,46+,47+/m0/s1. The molecule has 4 aromatic carbocycles. The van der Waals surface area contributed by atoms with Crippen LogP contribution in [0.3, 0.4) is 0 Å². The van der Waals surface area contributed by atoms with Crippen molar-refractivity contribution in [2.75, 3.05) is 20.2 Å². The maximum atomic E-state index is 14.2. The molecule has 4 aliphatic rings. The van der Waals surface area contributed by atoms with Crippen LogP contribution in [0.4, 0.5) is 4.79 Å². The maximum absolute atomic E-state index is 14.2. The molecule has 2 saturated heterocycles. The summed E-state index contributed by atoms with van der Waals surface area (Å²) in [5.74, 6) is 0.163. The van der Waals surface area contributed by atoms with Gasteiger partial charge in [0.05, 0.1) is 19.2 Å². The molecule has 4 fully saturated rings. The van der Waals surface area contributed by atoms with E-state index >= 15 is 0 Å². The number of methoxy groups -OCH3 is 1. The number of ketones is 2. The van der Waals surface area contributed by atoms with Crippen molar-refractivity contribution in [1.82, 2.24) is 25.0 Å². The monoisotopic (exact) mass is 849 g/mol. The fourth-order valence-electron chi connectivity index (χ4n) is 10.3. The molecule has 2 N–H and O–H groups in total. The van der Waals surface area contributed by atoms with Crippen molar-refractivity contribution in [3.63, 3.8) is 0 Å². The highest BCUT2D eigenvalue weighted by molar-refractivity contribution is 6.09. The van der Waals surface area contributed by atoms with Crippen LogP contribution in [0.1, 0.15) is 98.7 Å². The summed E-state index contributed by atoms with van der Waals surface area (Å²) >= 11 is 0. The van der Waals surface area contributed by atoms with Gasteiger partial charge in [0.25, 0.3) is 5.91 Å². The molecule has 12 nitrogen and oxygen atoms in total. The van der Waals surface area contributed by atoms with Crippen molar-refractivity contribution in [2.24, 2.45) is 11.8 Å². The van der Waals surface area contributed by atoms with Crippen molar-refractivity contribution >= 4 is 57.2 Å². The number of fused-ring (bicyclic) bond motifs is 3. The minimum Gasteiger partial charge on any atom is -0.453 e. The summed E-state index contributed by atoms with van der Waals surface area (Å²) in [5.41, 5.74) is 5.21.